The lowest BCUT2D eigenvalue weighted by Crippen LogP contribution is -2.51. The molecule has 1 amide bonds. The van der Waals surface area contributed by atoms with E-state index in [9.17, 15) is 4.79 Å². The van der Waals surface area contributed by atoms with Gasteiger partial charge < -0.3 is 15.2 Å². The number of carbonyl (C=O) groups is 1. The van der Waals surface area contributed by atoms with E-state index < -0.39 is 0 Å². The summed E-state index contributed by atoms with van der Waals surface area (Å²) in [5.41, 5.74) is 7.30. The first kappa shape index (κ1) is 16.8. The minimum atomic E-state index is 0. The lowest BCUT2D eigenvalue weighted by molar-refractivity contribution is -0.135. The Kier molecular flexibility index (Phi) is 5.42. The predicted octanol–water partition coefficient (Wildman–Crippen LogP) is 2.38. The number of aromatic nitrogens is 1. The standard InChI is InChI=1S/C16H21N3O2.ClH/c1-11-5-4-8-19(14(11)10-17)16(20)9-13-12-6-2-3-7-15(12)21-18-13;/h2-3,6-7,11,14H,4-5,8-10,17H2,1H3;1H. The fourth-order valence-electron chi connectivity index (χ4n) is 3.23. The van der Waals surface area contributed by atoms with Crippen LogP contribution in [0, 0.1) is 5.92 Å². The highest BCUT2D eigenvalue weighted by Gasteiger charge is 2.31. The number of halogens is 1. The number of piperidine rings is 1. The number of para-hydroxylation sites is 1. The van der Waals surface area contributed by atoms with Crippen LogP contribution < -0.4 is 5.73 Å². The summed E-state index contributed by atoms with van der Waals surface area (Å²) in [4.78, 5) is 14.5. The van der Waals surface area contributed by atoms with Crippen LogP contribution >= 0.6 is 12.4 Å². The van der Waals surface area contributed by atoms with Crippen LogP contribution in [-0.2, 0) is 11.2 Å². The summed E-state index contributed by atoms with van der Waals surface area (Å²) in [7, 11) is 0. The molecule has 1 saturated heterocycles. The lowest BCUT2D eigenvalue weighted by atomic mass is 9.90. The molecule has 3 rings (SSSR count). The molecule has 2 atom stereocenters. The molecule has 0 radical (unpaired) electrons. The third kappa shape index (κ3) is 3.10. The zero-order chi connectivity index (χ0) is 14.8. The Morgan fingerprint density at radius 2 is 2.23 bits per heavy atom. The molecule has 5 nitrogen and oxygen atoms in total. The average molecular weight is 324 g/mol. The Balaban J connectivity index is 0.00000176. The summed E-state index contributed by atoms with van der Waals surface area (Å²) in [6, 6.07) is 7.77. The monoisotopic (exact) mass is 323 g/mol. The Morgan fingerprint density at radius 1 is 1.45 bits per heavy atom. The van der Waals surface area contributed by atoms with Crippen molar-refractivity contribution < 1.29 is 9.32 Å². The van der Waals surface area contributed by atoms with Gasteiger partial charge in [-0.25, -0.2) is 0 Å². The number of nitrogens with zero attached hydrogens (tertiary/aromatic N) is 2. The van der Waals surface area contributed by atoms with Gasteiger partial charge >= 0.3 is 0 Å². The number of nitrogens with two attached hydrogens (primary N) is 1. The van der Waals surface area contributed by atoms with Gasteiger partial charge in [0.15, 0.2) is 5.58 Å². The van der Waals surface area contributed by atoms with Crippen molar-refractivity contribution >= 4 is 29.3 Å². The number of hydrogen-bond acceptors (Lipinski definition) is 4. The zero-order valence-electron chi connectivity index (χ0n) is 12.7. The Hall–Kier alpha value is -1.59. The van der Waals surface area contributed by atoms with Crippen molar-refractivity contribution in [2.24, 2.45) is 11.7 Å². The van der Waals surface area contributed by atoms with Gasteiger partial charge in [-0.05, 0) is 30.9 Å². The maximum atomic E-state index is 12.6. The van der Waals surface area contributed by atoms with E-state index in [1.165, 1.54) is 0 Å². The summed E-state index contributed by atoms with van der Waals surface area (Å²) >= 11 is 0. The van der Waals surface area contributed by atoms with E-state index in [2.05, 4.69) is 12.1 Å². The number of carbonyl (C=O) groups excluding carboxylic acids is 1. The fourth-order valence-corrected chi connectivity index (χ4v) is 3.23. The maximum absolute atomic E-state index is 12.6. The van der Waals surface area contributed by atoms with Crippen molar-refractivity contribution in [2.45, 2.75) is 32.2 Å². The van der Waals surface area contributed by atoms with Gasteiger partial charge in [-0.3, -0.25) is 4.79 Å². The SMILES string of the molecule is CC1CCCN(C(=O)Cc2noc3ccccc23)C1CN.Cl. The van der Waals surface area contributed by atoms with Crippen molar-refractivity contribution in [1.29, 1.82) is 0 Å². The molecule has 0 bridgehead atoms. The highest BCUT2D eigenvalue weighted by molar-refractivity contribution is 5.86. The Bertz CT molecular complexity index is 643. The molecule has 22 heavy (non-hydrogen) atoms. The lowest BCUT2D eigenvalue weighted by Gasteiger charge is -2.39. The summed E-state index contributed by atoms with van der Waals surface area (Å²) in [6.45, 7) is 3.48. The quantitative estimate of drug-likeness (QED) is 0.941. The molecule has 0 spiro atoms. The van der Waals surface area contributed by atoms with E-state index in [1.807, 2.05) is 29.2 Å². The van der Waals surface area contributed by atoms with Crippen LogP contribution in [0.5, 0.6) is 0 Å². The van der Waals surface area contributed by atoms with Crippen LogP contribution in [0.25, 0.3) is 11.0 Å². The minimum Gasteiger partial charge on any atom is -0.356 e. The van der Waals surface area contributed by atoms with Crippen LogP contribution in [0.3, 0.4) is 0 Å². The normalized spacial score (nSPS) is 21.6. The molecule has 2 heterocycles. The molecule has 6 heteroatoms. The molecule has 0 saturated carbocycles. The second kappa shape index (κ2) is 7.11. The van der Waals surface area contributed by atoms with E-state index in [-0.39, 0.29) is 30.8 Å². The van der Waals surface area contributed by atoms with Crippen LogP contribution in [0.2, 0.25) is 0 Å². The van der Waals surface area contributed by atoms with Crippen LogP contribution in [0.1, 0.15) is 25.5 Å². The van der Waals surface area contributed by atoms with Gasteiger partial charge in [0.25, 0.3) is 0 Å². The second-order valence-corrected chi connectivity index (χ2v) is 5.81. The smallest absolute Gasteiger partial charge is 0.229 e. The Morgan fingerprint density at radius 3 is 3.00 bits per heavy atom. The first-order valence-electron chi connectivity index (χ1n) is 7.53. The third-order valence-electron chi connectivity index (χ3n) is 4.45. The molecule has 1 aromatic heterocycles. The van der Waals surface area contributed by atoms with Crippen LogP contribution in [0.15, 0.2) is 28.8 Å². The minimum absolute atomic E-state index is 0. The van der Waals surface area contributed by atoms with Gasteiger partial charge in [0.2, 0.25) is 5.91 Å². The van der Waals surface area contributed by atoms with E-state index in [0.717, 1.165) is 30.4 Å². The molecule has 0 aliphatic carbocycles. The molecule has 1 aliphatic heterocycles. The molecule has 120 valence electrons. The molecule has 1 aliphatic rings. The number of hydrogen-bond donors (Lipinski definition) is 1. The molecule has 2 unspecified atom stereocenters. The van der Waals surface area contributed by atoms with Crippen molar-refractivity contribution in [3.63, 3.8) is 0 Å². The van der Waals surface area contributed by atoms with Crippen molar-refractivity contribution in [3.8, 4) is 0 Å². The highest BCUT2D eigenvalue weighted by Crippen LogP contribution is 2.24. The summed E-state index contributed by atoms with van der Waals surface area (Å²) in [6.07, 6.45) is 2.46. The van der Waals surface area contributed by atoms with Gasteiger partial charge in [-0.15, -0.1) is 12.4 Å². The first-order valence-corrected chi connectivity index (χ1v) is 7.53. The molecule has 2 aromatic rings. The predicted molar refractivity (Wildman–Crippen MR) is 87.9 cm³/mol. The fraction of sp³-hybridized carbons (Fsp3) is 0.500. The molecular weight excluding hydrogens is 302 g/mol. The molecule has 2 N–H and O–H groups in total. The van der Waals surface area contributed by atoms with Crippen molar-refractivity contribution in [2.75, 3.05) is 13.1 Å². The highest BCUT2D eigenvalue weighted by atomic mass is 35.5. The Labute approximate surface area is 136 Å². The van der Waals surface area contributed by atoms with E-state index in [1.54, 1.807) is 0 Å². The number of rotatable bonds is 3. The molecule has 1 fully saturated rings. The number of benzene rings is 1. The van der Waals surface area contributed by atoms with Gasteiger partial charge in [-0.2, -0.15) is 0 Å². The largest absolute Gasteiger partial charge is 0.356 e. The van der Waals surface area contributed by atoms with Crippen LogP contribution in [-0.4, -0.2) is 35.1 Å². The van der Waals surface area contributed by atoms with Gasteiger partial charge in [0.1, 0.15) is 5.69 Å². The van der Waals surface area contributed by atoms with E-state index in [0.29, 0.717) is 18.2 Å². The van der Waals surface area contributed by atoms with E-state index in [4.69, 9.17) is 10.3 Å². The average Bonchev–Trinajstić information content (AvgIpc) is 2.90. The molecular formula is C16H22ClN3O2. The zero-order valence-corrected chi connectivity index (χ0v) is 13.5. The van der Waals surface area contributed by atoms with Crippen molar-refractivity contribution in [1.82, 2.24) is 10.1 Å². The maximum Gasteiger partial charge on any atom is 0.229 e. The second-order valence-electron chi connectivity index (χ2n) is 5.81. The summed E-state index contributed by atoms with van der Waals surface area (Å²) in [5.74, 6) is 0.554. The molecule has 1 aromatic carbocycles. The number of likely N-dealkylation sites (tertiary alicyclic amines) is 1. The van der Waals surface area contributed by atoms with Gasteiger partial charge in [0, 0.05) is 24.5 Å². The number of amides is 1. The third-order valence-corrected chi connectivity index (χ3v) is 4.45. The van der Waals surface area contributed by atoms with Gasteiger partial charge in [-0.1, -0.05) is 24.2 Å². The van der Waals surface area contributed by atoms with Gasteiger partial charge in [0.05, 0.1) is 6.42 Å². The summed E-state index contributed by atoms with van der Waals surface area (Å²) in [5, 5.41) is 4.96. The number of fused-ring (bicyclic) bond motifs is 1. The first-order chi connectivity index (χ1) is 10.2. The van der Waals surface area contributed by atoms with Crippen molar-refractivity contribution in [3.05, 3.63) is 30.0 Å². The van der Waals surface area contributed by atoms with E-state index >= 15 is 0 Å². The van der Waals surface area contributed by atoms with Crippen LogP contribution in [0.4, 0.5) is 0 Å². The summed E-state index contributed by atoms with van der Waals surface area (Å²) < 4.78 is 5.27. The topological polar surface area (TPSA) is 72.4 Å².